The van der Waals surface area contributed by atoms with Crippen molar-refractivity contribution >= 4 is 5.69 Å². The molecule has 0 saturated heterocycles. The molecular weight excluding hydrogens is 238 g/mol. The van der Waals surface area contributed by atoms with Crippen LogP contribution >= 0.6 is 0 Å². The van der Waals surface area contributed by atoms with Crippen molar-refractivity contribution in [1.29, 1.82) is 5.26 Å². The van der Waals surface area contributed by atoms with Gasteiger partial charge in [0.25, 0.3) is 0 Å². The first-order valence-corrected chi connectivity index (χ1v) is 6.55. The second-order valence-corrected chi connectivity index (χ2v) is 5.23. The maximum Gasteiger partial charge on any atom is 0.121 e. The summed E-state index contributed by atoms with van der Waals surface area (Å²) >= 11 is 0. The molecule has 4 heteroatoms. The van der Waals surface area contributed by atoms with E-state index >= 15 is 0 Å². The highest BCUT2D eigenvalue weighted by atomic mass is 16.5. The Labute approximate surface area is 115 Å². The number of anilines is 1. The van der Waals surface area contributed by atoms with Gasteiger partial charge in [-0.3, -0.25) is 0 Å². The van der Waals surface area contributed by atoms with Crippen molar-refractivity contribution in [3.63, 3.8) is 0 Å². The molecule has 1 aromatic rings. The average molecular weight is 261 g/mol. The summed E-state index contributed by atoms with van der Waals surface area (Å²) in [6.45, 7) is 2.41. The standard InChI is InChI=1S/C15H23N3O/c1-15(17,12-16)9-4-5-10-19-14-8-6-7-13(11-14)18(2)3/h6-8,11H,4-5,9-10,17H2,1-3H3. The third kappa shape index (κ3) is 5.62. The molecule has 4 nitrogen and oxygen atoms in total. The summed E-state index contributed by atoms with van der Waals surface area (Å²) in [5.74, 6) is 0.877. The zero-order valence-electron chi connectivity index (χ0n) is 12.0. The van der Waals surface area contributed by atoms with Crippen LogP contribution in [-0.2, 0) is 0 Å². The minimum Gasteiger partial charge on any atom is -0.494 e. The Bertz CT molecular complexity index is 435. The Hall–Kier alpha value is -1.73. The lowest BCUT2D eigenvalue weighted by Gasteiger charge is -2.15. The second-order valence-electron chi connectivity index (χ2n) is 5.23. The van der Waals surface area contributed by atoms with Gasteiger partial charge in [-0.2, -0.15) is 5.26 Å². The van der Waals surface area contributed by atoms with Crippen LogP contribution in [0, 0.1) is 11.3 Å². The van der Waals surface area contributed by atoms with Crippen molar-refractivity contribution in [2.75, 3.05) is 25.6 Å². The molecule has 19 heavy (non-hydrogen) atoms. The second kappa shape index (κ2) is 7.01. The fourth-order valence-electron chi connectivity index (χ4n) is 1.69. The van der Waals surface area contributed by atoms with Gasteiger partial charge in [0.2, 0.25) is 0 Å². The van der Waals surface area contributed by atoms with E-state index in [1.807, 2.05) is 43.3 Å². The van der Waals surface area contributed by atoms with Crippen molar-refractivity contribution in [2.45, 2.75) is 31.7 Å². The highest BCUT2D eigenvalue weighted by Gasteiger charge is 2.15. The number of ether oxygens (including phenoxy) is 1. The summed E-state index contributed by atoms with van der Waals surface area (Å²) in [7, 11) is 4.01. The number of unbranched alkanes of at least 4 members (excludes halogenated alkanes) is 1. The molecule has 1 aromatic carbocycles. The molecule has 0 bridgehead atoms. The van der Waals surface area contributed by atoms with Gasteiger partial charge in [0.05, 0.1) is 12.7 Å². The summed E-state index contributed by atoms with van der Waals surface area (Å²) in [4.78, 5) is 2.04. The van der Waals surface area contributed by atoms with Crippen molar-refractivity contribution in [3.8, 4) is 11.8 Å². The predicted octanol–water partition coefficient (Wildman–Crippen LogP) is 2.54. The van der Waals surface area contributed by atoms with Gasteiger partial charge in [-0.25, -0.2) is 0 Å². The molecule has 2 N–H and O–H groups in total. The van der Waals surface area contributed by atoms with Gasteiger partial charge in [0.15, 0.2) is 0 Å². The lowest BCUT2D eigenvalue weighted by Crippen LogP contribution is -2.33. The van der Waals surface area contributed by atoms with Gasteiger partial charge >= 0.3 is 0 Å². The third-order valence-corrected chi connectivity index (χ3v) is 2.95. The Kier molecular flexibility index (Phi) is 5.65. The maximum atomic E-state index is 8.80. The van der Waals surface area contributed by atoms with E-state index in [1.54, 1.807) is 6.92 Å². The van der Waals surface area contributed by atoms with Crippen LogP contribution in [0.2, 0.25) is 0 Å². The molecule has 0 saturated carbocycles. The lowest BCUT2D eigenvalue weighted by molar-refractivity contribution is 0.301. The minimum absolute atomic E-state index is 0.651. The monoisotopic (exact) mass is 261 g/mol. The largest absolute Gasteiger partial charge is 0.494 e. The maximum absolute atomic E-state index is 8.80. The van der Waals surface area contributed by atoms with Gasteiger partial charge in [-0.1, -0.05) is 6.07 Å². The Morgan fingerprint density at radius 2 is 2.11 bits per heavy atom. The van der Waals surface area contributed by atoms with E-state index in [4.69, 9.17) is 15.7 Å². The summed E-state index contributed by atoms with van der Waals surface area (Å²) in [6, 6.07) is 10.1. The molecular formula is C15H23N3O. The molecule has 0 aliphatic carbocycles. The van der Waals surface area contributed by atoms with E-state index < -0.39 is 5.54 Å². The molecule has 0 radical (unpaired) electrons. The van der Waals surface area contributed by atoms with E-state index in [1.165, 1.54) is 0 Å². The number of rotatable bonds is 7. The number of nitriles is 1. The van der Waals surface area contributed by atoms with Crippen molar-refractivity contribution in [1.82, 2.24) is 0 Å². The first-order valence-electron chi connectivity index (χ1n) is 6.55. The molecule has 1 rings (SSSR count). The van der Waals surface area contributed by atoms with Gasteiger partial charge in [0.1, 0.15) is 11.3 Å². The van der Waals surface area contributed by atoms with Crippen LogP contribution in [0.25, 0.3) is 0 Å². The molecule has 0 aliphatic rings. The van der Waals surface area contributed by atoms with Crippen molar-refractivity contribution < 1.29 is 4.74 Å². The smallest absolute Gasteiger partial charge is 0.121 e. The molecule has 0 heterocycles. The average Bonchev–Trinajstić information content (AvgIpc) is 2.38. The van der Waals surface area contributed by atoms with Gasteiger partial charge < -0.3 is 15.4 Å². The summed E-state index contributed by atoms with van der Waals surface area (Å²) < 4.78 is 5.69. The van der Waals surface area contributed by atoms with Crippen LogP contribution in [-0.4, -0.2) is 26.2 Å². The number of nitrogens with zero attached hydrogens (tertiary/aromatic N) is 2. The fourth-order valence-corrected chi connectivity index (χ4v) is 1.69. The molecule has 0 aliphatic heterocycles. The Morgan fingerprint density at radius 3 is 2.74 bits per heavy atom. The molecule has 1 unspecified atom stereocenters. The van der Waals surface area contributed by atoms with Gasteiger partial charge in [0, 0.05) is 25.8 Å². The van der Waals surface area contributed by atoms with E-state index in [0.717, 1.165) is 24.3 Å². The zero-order valence-corrected chi connectivity index (χ0v) is 12.0. The SMILES string of the molecule is CN(C)c1cccc(OCCCCC(C)(N)C#N)c1. The highest BCUT2D eigenvalue weighted by molar-refractivity contribution is 5.49. The van der Waals surface area contributed by atoms with Crippen LogP contribution in [0.3, 0.4) is 0 Å². The first kappa shape index (κ1) is 15.3. The zero-order chi connectivity index (χ0) is 14.3. The quantitative estimate of drug-likeness (QED) is 0.766. The van der Waals surface area contributed by atoms with E-state index in [9.17, 15) is 0 Å². The van der Waals surface area contributed by atoms with Crippen LogP contribution in [0.15, 0.2) is 24.3 Å². The Balaban J connectivity index is 2.30. The van der Waals surface area contributed by atoms with Crippen molar-refractivity contribution in [2.24, 2.45) is 5.73 Å². The van der Waals surface area contributed by atoms with Crippen molar-refractivity contribution in [3.05, 3.63) is 24.3 Å². The number of benzene rings is 1. The van der Waals surface area contributed by atoms with Gasteiger partial charge in [-0.05, 0) is 38.3 Å². The summed E-state index contributed by atoms with van der Waals surface area (Å²) in [5.41, 5.74) is 6.16. The minimum atomic E-state index is -0.717. The normalized spacial score (nSPS) is 13.4. The lowest BCUT2D eigenvalue weighted by atomic mass is 9.98. The summed E-state index contributed by atoms with van der Waals surface area (Å²) in [6.07, 6.45) is 2.50. The first-order chi connectivity index (χ1) is 8.94. The van der Waals surface area contributed by atoms with E-state index in [2.05, 4.69) is 6.07 Å². The highest BCUT2D eigenvalue weighted by Crippen LogP contribution is 2.19. The number of hydrogen-bond donors (Lipinski definition) is 1. The topological polar surface area (TPSA) is 62.3 Å². The molecule has 0 spiro atoms. The van der Waals surface area contributed by atoms with Gasteiger partial charge in [-0.15, -0.1) is 0 Å². The van der Waals surface area contributed by atoms with E-state index in [-0.39, 0.29) is 0 Å². The molecule has 0 fully saturated rings. The number of hydrogen-bond acceptors (Lipinski definition) is 4. The van der Waals surface area contributed by atoms with Crippen LogP contribution < -0.4 is 15.4 Å². The third-order valence-electron chi connectivity index (χ3n) is 2.95. The summed E-state index contributed by atoms with van der Waals surface area (Å²) in [5, 5.41) is 8.80. The number of nitrogens with two attached hydrogens (primary N) is 1. The fraction of sp³-hybridized carbons (Fsp3) is 0.533. The van der Waals surface area contributed by atoms with E-state index in [0.29, 0.717) is 13.0 Å². The van der Waals surface area contributed by atoms with Crippen LogP contribution in [0.4, 0.5) is 5.69 Å². The molecule has 0 amide bonds. The van der Waals surface area contributed by atoms with Crippen LogP contribution in [0.1, 0.15) is 26.2 Å². The molecule has 1 atom stereocenters. The molecule has 0 aromatic heterocycles. The molecule has 104 valence electrons. The van der Waals surface area contributed by atoms with Crippen LogP contribution in [0.5, 0.6) is 5.75 Å². The Morgan fingerprint density at radius 1 is 1.37 bits per heavy atom. The predicted molar refractivity (Wildman–Crippen MR) is 78.3 cm³/mol.